The molecule has 1 aromatic heterocycles. The van der Waals surface area contributed by atoms with E-state index in [0.717, 1.165) is 23.8 Å². The molecule has 0 spiro atoms. The van der Waals surface area contributed by atoms with Gasteiger partial charge in [0.1, 0.15) is 17.3 Å². The third-order valence-corrected chi connectivity index (χ3v) is 4.97. The highest BCUT2D eigenvalue weighted by Gasteiger charge is 2.56. The molecule has 0 radical (unpaired) electrons. The molecule has 0 saturated heterocycles. The van der Waals surface area contributed by atoms with E-state index in [0.29, 0.717) is 23.5 Å². The average Bonchev–Trinajstić information content (AvgIpc) is 2.74. The van der Waals surface area contributed by atoms with E-state index in [1.54, 1.807) is 31.2 Å². The van der Waals surface area contributed by atoms with Gasteiger partial charge in [0.25, 0.3) is 0 Å². The van der Waals surface area contributed by atoms with E-state index in [9.17, 15) is 9.50 Å². The second-order valence-electron chi connectivity index (χ2n) is 7.01. The first-order valence-electron chi connectivity index (χ1n) is 9.49. The molecule has 1 heterocycles. The summed E-state index contributed by atoms with van der Waals surface area (Å²) in [4.78, 5) is 3.85. The van der Waals surface area contributed by atoms with Crippen molar-refractivity contribution in [2.24, 2.45) is 5.73 Å². The largest absolute Gasteiger partial charge is 0.494 e. The van der Waals surface area contributed by atoms with E-state index >= 15 is 8.78 Å². The number of aromatic nitrogens is 1. The van der Waals surface area contributed by atoms with Crippen molar-refractivity contribution in [1.29, 1.82) is 0 Å². The Kier molecular flexibility index (Phi) is 6.14. The summed E-state index contributed by atoms with van der Waals surface area (Å²) in [5, 5.41) is 10.7. The van der Waals surface area contributed by atoms with Gasteiger partial charge in [0.05, 0.1) is 6.61 Å². The molecular formula is C23H23F3N2O2. The number of nitrogens with two attached hydrogens (primary N) is 1. The molecular weight excluding hydrogens is 393 g/mol. The molecule has 0 saturated carbocycles. The molecule has 0 aliphatic rings. The van der Waals surface area contributed by atoms with Gasteiger partial charge in [-0.25, -0.2) is 4.39 Å². The second-order valence-corrected chi connectivity index (χ2v) is 7.01. The molecule has 1 unspecified atom stereocenters. The molecule has 7 heteroatoms. The number of pyridine rings is 1. The van der Waals surface area contributed by atoms with Crippen molar-refractivity contribution in [3.05, 3.63) is 83.4 Å². The number of aliphatic hydroxyl groups is 1. The summed E-state index contributed by atoms with van der Waals surface area (Å²) in [6, 6.07) is 13.3. The van der Waals surface area contributed by atoms with Gasteiger partial charge < -0.3 is 15.6 Å². The predicted molar refractivity (Wildman–Crippen MR) is 109 cm³/mol. The van der Waals surface area contributed by atoms with E-state index in [-0.39, 0.29) is 0 Å². The zero-order valence-electron chi connectivity index (χ0n) is 16.7. The smallest absolute Gasteiger partial charge is 0.323 e. The van der Waals surface area contributed by atoms with Crippen LogP contribution in [-0.2, 0) is 11.5 Å². The topological polar surface area (TPSA) is 68.4 Å². The van der Waals surface area contributed by atoms with Gasteiger partial charge in [-0.05, 0) is 49.2 Å². The van der Waals surface area contributed by atoms with E-state index < -0.39 is 35.1 Å². The Labute approximate surface area is 173 Å². The van der Waals surface area contributed by atoms with Gasteiger partial charge in [-0.3, -0.25) is 4.98 Å². The fourth-order valence-electron chi connectivity index (χ4n) is 3.24. The quantitative estimate of drug-likeness (QED) is 0.594. The number of rotatable bonds is 7. The van der Waals surface area contributed by atoms with Crippen molar-refractivity contribution in [2.45, 2.75) is 25.4 Å². The zero-order valence-corrected chi connectivity index (χ0v) is 16.7. The molecule has 2 aromatic carbocycles. The number of nitrogens with zero attached hydrogens (tertiary/aromatic N) is 1. The third-order valence-electron chi connectivity index (χ3n) is 4.97. The third kappa shape index (κ3) is 3.91. The number of hydrogen-bond acceptors (Lipinski definition) is 4. The Bertz CT molecular complexity index is 1010. The van der Waals surface area contributed by atoms with Crippen LogP contribution in [0.2, 0.25) is 0 Å². The zero-order chi connectivity index (χ0) is 21.9. The van der Waals surface area contributed by atoms with Crippen LogP contribution < -0.4 is 10.5 Å². The first-order valence-corrected chi connectivity index (χ1v) is 9.49. The van der Waals surface area contributed by atoms with Crippen LogP contribution in [-0.4, -0.2) is 23.2 Å². The van der Waals surface area contributed by atoms with Crippen LogP contribution in [0.4, 0.5) is 13.2 Å². The van der Waals surface area contributed by atoms with E-state index in [4.69, 9.17) is 10.5 Å². The number of hydrogen-bond donors (Lipinski definition) is 2. The lowest BCUT2D eigenvalue weighted by molar-refractivity contribution is -0.193. The molecule has 4 nitrogen and oxygen atoms in total. The monoisotopic (exact) mass is 416 g/mol. The van der Waals surface area contributed by atoms with Gasteiger partial charge in [0.15, 0.2) is 5.60 Å². The van der Waals surface area contributed by atoms with Crippen LogP contribution in [0.15, 0.2) is 60.8 Å². The minimum absolute atomic E-state index is 0.538. The maximum Gasteiger partial charge on any atom is 0.323 e. The second kappa shape index (κ2) is 8.45. The van der Waals surface area contributed by atoms with Crippen LogP contribution in [0.25, 0.3) is 11.1 Å². The molecule has 3 rings (SSSR count). The standard InChI is InChI=1S/C23H23F3N2O2/c1-3-30-18-8-5-16(6-9-18)17-7-11-21(28-13-17)23(25,26)22(29,14-27)19-10-4-15(2)12-20(19)24/h4-13,29H,3,14,27H2,1-2H3. The Morgan fingerprint density at radius 3 is 2.23 bits per heavy atom. The number of benzene rings is 2. The lowest BCUT2D eigenvalue weighted by Gasteiger charge is -2.35. The van der Waals surface area contributed by atoms with Gasteiger partial charge in [-0.1, -0.05) is 30.3 Å². The van der Waals surface area contributed by atoms with Crippen LogP contribution in [0.1, 0.15) is 23.7 Å². The van der Waals surface area contributed by atoms with Crippen molar-refractivity contribution in [3.63, 3.8) is 0 Å². The van der Waals surface area contributed by atoms with Crippen LogP contribution in [0, 0.1) is 12.7 Å². The molecule has 0 fully saturated rings. The summed E-state index contributed by atoms with van der Waals surface area (Å²) in [7, 11) is 0. The molecule has 1 atom stereocenters. The summed E-state index contributed by atoms with van der Waals surface area (Å²) in [6.45, 7) is 3.15. The first-order chi connectivity index (χ1) is 14.2. The van der Waals surface area contributed by atoms with Gasteiger partial charge >= 0.3 is 5.92 Å². The fraction of sp³-hybridized carbons (Fsp3) is 0.261. The summed E-state index contributed by atoms with van der Waals surface area (Å²) >= 11 is 0. The van der Waals surface area contributed by atoms with Crippen molar-refractivity contribution in [3.8, 4) is 16.9 Å². The van der Waals surface area contributed by atoms with Crippen molar-refractivity contribution < 1.29 is 23.0 Å². The molecule has 0 amide bonds. The molecule has 0 aliphatic heterocycles. The first kappa shape index (κ1) is 21.8. The summed E-state index contributed by atoms with van der Waals surface area (Å²) in [5.41, 5.74) is 3.18. The van der Waals surface area contributed by atoms with Gasteiger partial charge in [0, 0.05) is 23.9 Å². The van der Waals surface area contributed by atoms with Gasteiger partial charge in [-0.2, -0.15) is 8.78 Å². The Morgan fingerprint density at radius 2 is 1.70 bits per heavy atom. The average molecular weight is 416 g/mol. The number of alkyl halides is 2. The lowest BCUT2D eigenvalue weighted by atomic mass is 9.84. The minimum atomic E-state index is -3.92. The lowest BCUT2D eigenvalue weighted by Crippen LogP contribution is -2.50. The highest BCUT2D eigenvalue weighted by molar-refractivity contribution is 5.63. The van der Waals surface area contributed by atoms with Crippen LogP contribution >= 0.6 is 0 Å². The van der Waals surface area contributed by atoms with Crippen molar-refractivity contribution in [2.75, 3.05) is 13.2 Å². The van der Waals surface area contributed by atoms with E-state index in [2.05, 4.69) is 4.98 Å². The van der Waals surface area contributed by atoms with E-state index in [1.807, 2.05) is 6.92 Å². The van der Waals surface area contributed by atoms with Gasteiger partial charge in [0.2, 0.25) is 0 Å². The maximum absolute atomic E-state index is 15.3. The Morgan fingerprint density at radius 1 is 1.03 bits per heavy atom. The minimum Gasteiger partial charge on any atom is -0.494 e. The number of halogens is 3. The Balaban J connectivity index is 1.94. The normalized spacial score (nSPS) is 13.7. The highest BCUT2D eigenvalue weighted by atomic mass is 19.3. The SMILES string of the molecule is CCOc1ccc(-c2ccc(C(F)(F)C(O)(CN)c3ccc(C)cc3F)nc2)cc1. The summed E-state index contributed by atoms with van der Waals surface area (Å²) < 4.78 is 50.3. The summed E-state index contributed by atoms with van der Waals surface area (Å²) in [6.07, 6.45) is 1.28. The molecule has 0 aliphatic carbocycles. The fourth-order valence-corrected chi connectivity index (χ4v) is 3.24. The highest BCUT2D eigenvalue weighted by Crippen LogP contribution is 2.45. The van der Waals surface area contributed by atoms with Crippen molar-refractivity contribution >= 4 is 0 Å². The Hall–Kier alpha value is -2.90. The van der Waals surface area contributed by atoms with E-state index in [1.165, 1.54) is 18.3 Å². The number of aryl methyl sites for hydroxylation is 1. The van der Waals surface area contributed by atoms with Crippen LogP contribution in [0.5, 0.6) is 5.75 Å². The molecule has 158 valence electrons. The molecule has 3 aromatic rings. The maximum atomic E-state index is 15.3. The molecule has 3 N–H and O–H groups in total. The van der Waals surface area contributed by atoms with Gasteiger partial charge in [-0.15, -0.1) is 0 Å². The molecule has 30 heavy (non-hydrogen) atoms. The molecule has 0 bridgehead atoms. The number of ether oxygens (including phenoxy) is 1. The van der Waals surface area contributed by atoms with Crippen LogP contribution in [0.3, 0.4) is 0 Å². The van der Waals surface area contributed by atoms with Crippen molar-refractivity contribution in [1.82, 2.24) is 4.98 Å². The summed E-state index contributed by atoms with van der Waals surface area (Å²) in [5.74, 6) is -4.17. The predicted octanol–water partition coefficient (Wildman–Crippen LogP) is 4.53.